The van der Waals surface area contributed by atoms with E-state index in [4.69, 9.17) is 9.94 Å². The van der Waals surface area contributed by atoms with Gasteiger partial charge in [0, 0.05) is 23.0 Å². The van der Waals surface area contributed by atoms with Crippen molar-refractivity contribution in [1.29, 1.82) is 0 Å². The highest BCUT2D eigenvalue weighted by molar-refractivity contribution is 9.10. The van der Waals surface area contributed by atoms with E-state index >= 15 is 0 Å². The van der Waals surface area contributed by atoms with Crippen LogP contribution in [0.25, 0.3) is 10.9 Å². The largest absolute Gasteiger partial charge is 0.465 e. The number of fused-ring (bicyclic) bond motifs is 1. The molecule has 3 N–H and O–H groups in total. The third-order valence-corrected chi connectivity index (χ3v) is 5.33. The molecule has 11 nitrogen and oxygen atoms in total. The van der Waals surface area contributed by atoms with Gasteiger partial charge in [-0.25, -0.2) is 19.2 Å². The first kappa shape index (κ1) is 26.3. The highest BCUT2D eigenvalue weighted by Crippen LogP contribution is 2.34. The van der Waals surface area contributed by atoms with Crippen molar-refractivity contribution in [3.63, 3.8) is 0 Å². The minimum absolute atomic E-state index is 0.0605. The normalized spacial score (nSPS) is 10.4. The fourth-order valence-corrected chi connectivity index (χ4v) is 3.35. The van der Waals surface area contributed by atoms with Gasteiger partial charge in [0.25, 0.3) is 5.91 Å². The molecule has 0 aliphatic heterocycles. The van der Waals surface area contributed by atoms with E-state index in [0.717, 1.165) is 16.0 Å². The predicted octanol–water partition coefficient (Wildman–Crippen LogP) is 4.15. The second-order valence-corrected chi connectivity index (χ2v) is 8.26. The summed E-state index contributed by atoms with van der Waals surface area (Å²) in [6.07, 6.45) is 1.04. The molecule has 1 aromatic heterocycles. The number of aromatic nitrogens is 2. The molecule has 3 aromatic rings. The molecule has 0 radical (unpaired) electrons. The molecule has 0 spiro atoms. The lowest BCUT2D eigenvalue weighted by molar-refractivity contribution is -0.157. The maximum Gasteiger partial charge on any atom is 0.407 e. The van der Waals surface area contributed by atoms with Crippen molar-refractivity contribution < 1.29 is 28.7 Å². The van der Waals surface area contributed by atoms with Crippen LogP contribution < -0.4 is 15.5 Å². The van der Waals surface area contributed by atoms with Gasteiger partial charge < -0.3 is 25.5 Å². The summed E-state index contributed by atoms with van der Waals surface area (Å²) in [5, 5.41) is 15.9. The Hall–Kier alpha value is -4.26. The van der Waals surface area contributed by atoms with Gasteiger partial charge in [-0.05, 0) is 37.3 Å². The van der Waals surface area contributed by atoms with E-state index in [-0.39, 0.29) is 29.5 Å². The van der Waals surface area contributed by atoms with Crippen molar-refractivity contribution in [2.45, 2.75) is 6.92 Å². The average Bonchev–Trinajstić information content (AvgIpc) is 2.84. The van der Waals surface area contributed by atoms with E-state index in [1.807, 2.05) is 0 Å². The molecule has 0 aliphatic rings. The molecule has 1 heterocycles. The standard InChI is InChI=1S/C23H22BrFN6O5/c1-4-20(32)28-18-9-14-17(10-19(18)36-31(5-2)21(33)11-30(3)23(34)35)26-12-27-22(14)29-16-7-6-13(24)8-15(16)25/h4,6-10,12H,1,5,11H2,2-3H3,(H,28,32)(H,34,35)(H,26,27,29). The highest BCUT2D eigenvalue weighted by Gasteiger charge is 2.21. The summed E-state index contributed by atoms with van der Waals surface area (Å²) in [4.78, 5) is 50.7. The van der Waals surface area contributed by atoms with Gasteiger partial charge in [-0.1, -0.05) is 22.5 Å². The van der Waals surface area contributed by atoms with Gasteiger partial charge in [-0.2, -0.15) is 5.06 Å². The Morgan fingerprint density at radius 1 is 1.22 bits per heavy atom. The van der Waals surface area contributed by atoms with Gasteiger partial charge in [0.15, 0.2) is 5.75 Å². The van der Waals surface area contributed by atoms with Crippen LogP contribution in [0.3, 0.4) is 0 Å². The lowest BCUT2D eigenvalue weighted by Gasteiger charge is -2.24. The van der Waals surface area contributed by atoms with Crippen LogP contribution in [0.1, 0.15) is 6.92 Å². The number of benzene rings is 2. The number of halogens is 2. The second-order valence-electron chi connectivity index (χ2n) is 7.35. The number of amides is 3. The minimum Gasteiger partial charge on any atom is -0.465 e. The van der Waals surface area contributed by atoms with E-state index in [2.05, 4.69) is 43.1 Å². The molecule has 0 fully saturated rings. The van der Waals surface area contributed by atoms with Crippen molar-refractivity contribution in [2.24, 2.45) is 0 Å². The number of likely N-dealkylation sites (N-methyl/N-ethyl adjacent to an activating group) is 2. The molecule has 0 saturated carbocycles. The number of carbonyl (C=O) groups is 3. The highest BCUT2D eigenvalue weighted by atomic mass is 79.9. The van der Waals surface area contributed by atoms with Crippen LogP contribution in [0, 0.1) is 5.82 Å². The molecule has 188 valence electrons. The van der Waals surface area contributed by atoms with Gasteiger partial charge in [0.1, 0.15) is 24.5 Å². The lowest BCUT2D eigenvalue weighted by Crippen LogP contribution is -2.42. The van der Waals surface area contributed by atoms with Gasteiger partial charge in [-0.3, -0.25) is 9.59 Å². The fourth-order valence-electron chi connectivity index (χ4n) is 3.02. The number of carboxylic acid groups (broad SMARTS) is 1. The average molecular weight is 561 g/mol. The van der Waals surface area contributed by atoms with Crippen LogP contribution in [0.4, 0.5) is 26.4 Å². The summed E-state index contributed by atoms with van der Waals surface area (Å²) >= 11 is 3.21. The number of carbonyl (C=O) groups excluding carboxylic acids is 2. The van der Waals surface area contributed by atoms with Crippen molar-refractivity contribution in [2.75, 3.05) is 30.8 Å². The van der Waals surface area contributed by atoms with Crippen LogP contribution in [0.15, 0.2) is 53.8 Å². The van der Waals surface area contributed by atoms with Gasteiger partial charge in [-0.15, -0.1) is 0 Å². The van der Waals surface area contributed by atoms with E-state index in [9.17, 15) is 18.8 Å². The van der Waals surface area contributed by atoms with Crippen LogP contribution in [0.5, 0.6) is 5.75 Å². The molecule has 0 unspecified atom stereocenters. The molecule has 2 aromatic carbocycles. The van der Waals surface area contributed by atoms with Crippen LogP contribution >= 0.6 is 15.9 Å². The van der Waals surface area contributed by atoms with Gasteiger partial charge in [0.2, 0.25) is 5.91 Å². The third-order valence-electron chi connectivity index (χ3n) is 4.84. The molecule has 36 heavy (non-hydrogen) atoms. The Bertz CT molecular complexity index is 1340. The molecule has 0 saturated heterocycles. The first-order chi connectivity index (χ1) is 17.1. The van der Waals surface area contributed by atoms with E-state index in [1.165, 1.54) is 37.6 Å². The molecule has 13 heteroatoms. The molecule has 0 atom stereocenters. The summed E-state index contributed by atoms with van der Waals surface area (Å²) in [6.45, 7) is 4.71. The zero-order chi connectivity index (χ0) is 26.4. The first-order valence-electron chi connectivity index (χ1n) is 10.5. The van der Waals surface area contributed by atoms with E-state index < -0.39 is 30.3 Å². The van der Waals surface area contributed by atoms with Crippen molar-refractivity contribution in [3.8, 4) is 5.75 Å². The smallest absolute Gasteiger partial charge is 0.407 e. The number of hydrogen-bond donors (Lipinski definition) is 3. The van der Waals surface area contributed by atoms with Crippen LogP contribution in [-0.4, -0.2) is 63.1 Å². The monoisotopic (exact) mass is 560 g/mol. The quantitative estimate of drug-likeness (QED) is 0.262. The number of hydroxylamine groups is 2. The third kappa shape index (κ3) is 6.24. The summed E-state index contributed by atoms with van der Waals surface area (Å²) in [5.41, 5.74) is 0.683. The Balaban J connectivity index is 2.02. The van der Waals surface area contributed by atoms with Crippen molar-refractivity contribution >= 4 is 61.9 Å². The van der Waals surface area contributed by atoms with Gasteiger partial charge in [0.05, 0.1) is 23.4 Å². The molecule has 3 amide bonds. The Morgan fingerprint density at radius 2 is 1.97 bits per heavy atom. The lowest BCUT2D eigenvalue weighted by atomic mass is 10.2. The zero-order valence-corrected chi connectivity index (χ0v) is 20.9. The Kier molecular flexibility index (Phi) is 8.38. The predicted molar refractivity (Wildman–Crippen MR) is 134 cm³/mol. The number of anilines is 3. The SMILES string of the molecule is C=CC(=O)Nc1cc2c(Nc3ccc(Br)cc3F)ncnc2cc1ON(CC)C(=O)CN(C)C(=O)O. The van der Waals surface area contributed by atoms with Crippen LogP contribution in [0.2, 0.25) is 0 Å². The van der Waals surface area contributed by atoms with E-state index in [0.29, 0.717) is 15.4 Å². The molecule has 0 bridgehead atoms. The van der Waals surface area contributed by atoms with E-state index in [1.54, 1.807) is 13.0 Å². The fraction of sp³-hybridized carbons (Fsp3) is 0.174. The second kappa shape index (κ2) is 11.4. The molecule has 0 aliphatic carbocycles. The summed E-state index contributed by atoms with van der Waals surface area (Å²) < 4.78 is 15.0. The molecular weight excluding hydrogens is 539 g/mol. The minimum atomic E-state index is -1.28. The summed E-state index contributed by atoms with van der Waals surface area (Å²) in [7, 11) is 1.25. The Labute approximate surface area is 213 Å². The van der Waals surface area contributed by atoms with Crippen molar-refractivity contribution in [3.05, 3.63) is 59.6 Å². The molecular formula is C23H22BrFN6O5. The number of nitrogens with zero attached hydrogens (tertiary/aromatic N) is 4. The Morgan fingerprint density at radius 3 is 2.61 bits per heavy atom. The zero-order valence-electron chi connectivity index (χ0n) is 19.3. The van der Waals surface area contributed by atoms with Crippen LogP contribution in [-0.2, 0) is 9.59 Å². The summed E-state index contributed by atoms with van der Waals surface area (Å²) in [6, 6.07) is 7.47. The first-order valence-corrected chi connectivity index (χ1v) is 11.3. The maximum absolute atomic E-state index is 14.4. The molecule has 3 rings (SSSR count). The number of hydrogen-bond acceptors (Lipinski definition) is 7. The number of nitrogens with one attached hydrogen (secondary N) is 2. The van der Waals surface area contributed by atoms with Gasteiger partial charge >= 0.3 is 6.09 Å². The summed E-state index contributed by atoms with van der Waals surface area (Å²) in [5.74, 6) is -1.37. The topological polar surface area (TPSA) is 137 Å². The number of rotatable bonds is 9. The maximum atomic E-state index is 14.4. The van der Waals surface area contributed by atoms with Crippen molar-refractivity contribution in [1.82, 2.24) is 19.9 Å².